The number of fused-ring (bicyclic) bond motifs is 1. The van der Waals surface area contributed by atoms with E-state index in [0.717, 1.165) is 31.1 Å². The topological polar surface area (TPSA) is 41.1 Å². The monoisotopic (exact) mass is 304 g/mol. The molecule has 1 aliphatic heterocycles. The third-order valence-corrected chi connectivity index (χ3v) is 5.76. The molecule has 4 heteroatoms. The van der Waals surface area contributed by atoms with Crippen LogP contribution in [0.4, 0.5) is 0 Å². The molecular weight excluding hydrogens is 280 g/mol. The first-order chi connectivity index (χ1) is 10.3. The van der Waals surface area contributed by atoms with Gasteiger partial charge in [0.1, 0.15) is 0 Å². The number of hydrogen-bond acceptors (Lipinski definition) is 3. The van der Waals surface area contributed by atoms with Crippen LogP contribution in [0.1, 0.15) is 37.3 Å². The van der Waals surface area contributed by atoms with E-state index in [-0.39, 0.29) is 11.9 Å². The fourth-order valence-corrected chi connectivity index (χ4v) is 4.54. The Morgan fingerprint density at radius 3 is 2.95 bits per heavy atom. The van der Waals surface area contributed by atoms with Crippen molar-refractivity contribution >= 4 is 17.7 Å². The number of thioether (sulfide) groups is 1. The number of carbonyl (C=O) groups excluding carboxylic acids is 1. The molecule has 114 valence electrons. The molecule has 1 aromatic carbocycles. The summed E-state index contributed by atoms with van der Waals surface area (Å²) in [5.41, 5.74) is 2.63. The highest BCUT2D eigenvalue weighted by molar-refractivity contribution is 7.99. The number of hydrogen-bond donors (Lipinski definition) is 2. The van der Waals surface area contributed by atoms with Crippen molar-refractivity contribution in [3.63, 3.8) is 0 Å². The van der Waals surface area contributed by atoms with Gasteiger partial charge in [-0.05, 0) is 42.6 Å². The highest BCUT2D eigenvalue weighted by Gasteiger charge is 2.29. The second-order valence-corrected chi connectivity index (χ2v) is 7.58. The number of carbonyl (C=O) groups is 1. The molecule has 1 heterocycles. The Morgan fingerprint density at radius 1 is 1.33 bits per heavy atom. The third-order valence-electron chi connectivity index (χ3n) is 4.53. The molecule has 1 aliphatic carbocycles. The third kappa shape index (κ3) is 3.61. The van der Waals surface area contributed by atoms with E-state index < -0.39 is 0 Å². The SMILES string of the molecule is CCSC1CCC(NC(=O)[C@@H]2Cc3ccccc3CN2)C1. The minimum absolute atomic E-state index is 0.0715. The lowest BCUT2D eigenvalue weighted by Gasteiger charge is -2.26. The molecule has 3 rings (SSSR count). The van der Waals surface area contributed by atoms with Gasteiger partial charge in [-0.2, -0.15) is 11.8 Å². The van der Waals surface area contributed by atoms with E-state index in [9.17, 15) is 4.79 Å². The van der Waals surface area contributed by atoms with E-state index in [1.54, 1.807) is 0 Å². The summed E-state index contributed by atoms with van der Waals surface area (Å²) in [4.78, 5) is 12.4. The van der Waals surface area contributed by atoms with Crippen LogP contribution in [0.2, 0.25) is 0 Å². The van der Waals surface area contributed by atoms with Gasteiger partial charge in [-0.3, -0.25) is 4.79 Å². The summed E-state index contributed by atoms with van der Waals surface area (Å²) in [5, 5.41) is 7.36. The van der Waals surface area contributed by atoms with E-state index in [2.05, 4.69) is 41.8 Å². The molecule has 1 fully saturated rings. The molecule has 1 aromatic rings. The fraction of sp³-hybridized carbons (Fsp3) is 0.588. The standard InChI is InChI=1S/C17H24N2OS/c1-2-21-15-8-7-14(10-15)19-17(20)16-9-12-5-3-4-6-13(12)11-18-16/h3-6,14-16,18H,2,7-11H2,1H3,(H,19,20)/t14?,15?,16-/m0/s1. The Labute approximate surface area is 131 Å². The van der Waals surface area contributed by atoms with Gasteiger partial charge in [-0.1, -0.05) is 31.2 Å². The Kier molecular flexibility index (Phi) is 4.86. The van der Waals surface area contributed by atoms with E-state index in [0.29, 0.717) is 6.04 Å². The molecule has 2 aliphatic rings. The Bertz CT molecular complexity index is 505. The van der Waals surface area contributed by atoms with Crippen LogP contribution in [0.15, 0.2) is 24.3 Å². The van der Waals surface area contributed by atoms with Gasteiger partial charge >= 0.3 is 0 Å². The van der Waals surface area contributed by atoms with Crippen LogP contribution in [-0.2, 0) is 17.8 Å². The molecule has 0 aromatic heterocycles. The minimum Gasteiger partial charge on any atom is -0.352 e. The molecule has 0 spiro atoms. The largest absolute Gasteiger partial charge is 0.352 e. The highest BCUT2D eigenvalue weighted by Crippen LogP contribution is 2.29. The van der Waals surface area contributed by atoms with Crippen molar-refractivity contribution in [3.8, 4) is 0 Å². The van der Waals surface area contributed by atoms with E-state index in [1.165, 1.54) is 23.3 Å². The maximum atomic E-state index is 12.4. The minimum atomic E-state index is -0.0715. The predicted octanol–water partition coefficient (Wildman–Crippen LogP) is 2.49. The van der Waals surface area contributed by atoms with Crippen LogP contribution in [0.3, 0.4) is 0 Å². The van der Waals surface area contributed by atoms with Gasteiger partial charge < -0.3 is 10.6 Å². The van der Waals surface area contributed by atoms with Gasteiger partial charge in [0.15, 0.2) is 0 Å². The molecule has 2 N–H and O–H groups in total. The summed E-state index contributed by atoms with van der Waals surface area (Å²) < 4.78 is 0. The summed E-state index contributed by atoms with van der Waals surface area (Å²) in [6.07, 6.45) is 4.31. The average molecular weight is 304 g/mol. The molecule has 0 saturated heterocycles. The van der Waals surface area contributed by atoms with Crippen molar-refractivity contribution in [2.45, 2.75) is 56.5 Å². The Hall–Kier alpha value is -1.00. The van der Waals surface area contributed by atoms with Gasteiger partial charge in [0.25, 0.3) is 0 Å². The summed E-state index contributed by atoms with van der Waals surface area (Å²) in [6.45, 7) is 3.01. The second kappa shape index (κ2) is 6.84. The normalized spacial score (nSPS) is 28.1. The molecule has 0 radical (unpaired) electrons. The maximum absolute atomic E-state index is 12.4. The van der Waals surface area contributed by atoms with Crippen molar-refractivity contribution in [3.05, 3.63) is 35.4 Å². The average Bonchev–Trinajstić information content (AvgIpc) is 2.94. The lowest BCUT2D eigenvalue weighted by Crippen LogP contribution is -2.50. The molecule has 3 nitrogen and oxygen atoms in total. The first-order valence-electron chi connectivity index (χ1n) is 7.98. The maximum Gasteiger partial charge on any atom is 0.237 e. The summed E-state index contributed by atoms with van der Waals surface area (Å²) in [6, 6.07) is 8.70. The zero-order valence-corrected chi connectivity index (χ0v) is 13.4. The van der Waals surface area contributed by atoms with Gasteiger partial charge in [-0.15, -0.1) is 0 Å². The van der Waals surface area contributed by atoms with E-state index in [4.69, 9.17) is 0 Å². The van der Waals surface area contributed by atoms with Crippen LogP contribution in [0.5, 0.6) is 0 Å². The molecule has 2 unspecified atom stereocenters. The molecular formula is C17H24N2OS. The van der Waals surface area contributed by atoms with E-state index in [1.807, 2.05) is 11.8 Å². The quantitative estimate of drug-likeness (QED) is 0.898. The van der Waals surface area contributed by atoms with Gasteiger partial charge in [-0.25, -0.2) is 0 Å². The van der Waals surface area contributed by atoms with Crippen LogP contribution in [0.25, 0.3) is 0 Å². The zero-order chi connectivity index (χ0) is 14.7. The zero-order valence-electron chi connectivity index (χ0n) is 12.6. The molecule has 1 saturated carbocycles. The highest BCUT2D eigenvalue weighted by atomic mass is 32.2. The van der Waals surface area contributed by atoms with E-state index >= 15 is 0 Å². The van der Waals surface area contributed by atoms with Crippen molar-refractivity contribution < 1.29 is 4.79 Å². The fourth-order valence-electron chi connectivity index (χ4n) is 3.40. The van der Waals surface area contributed by atoms with Crippen molar-refractivity contribution in [1.82, 2.24) is 10.6 Å². The van der Waals surface area contributed by atoms with Crippen molar-refractivity contribution in [2.75, 3.05) is 5.75 Å². The number of benzene rings is 1. The summed E-state index contributed by atoms with van der Waals surface area (Å²) >= 11 is 2.03. The van der Waals surface area contributed by atoms with Crippen molar-refractivity contribution in [2.24, 2.45) is 0 Å². The van der Waals surface area contributed by atoms with Crippen molar-refractivity contribution in [1.29, 1.82) is 0 Å². The summed E-state index contributed by atoms with van der Waals surface area (Å²) in [5.74, 6) is 1.35. The number of rotatable bonds is 4. The van der Waals surface area contributed by atoms with Crippen LogP contribution in [-0.4, -0.2) is 29.0 Å². The smallest absolute Gasteiger partial charge is 0.237 e. The number of nitrogens with one attached hydrogen (secondary N) is 2. The molecule has 21 heavy (non-hydrogen) atoms. The first-order valence-corrected chi connectivity index (χ1v) is 9.03. The molecule has 0 bridgehead atoms. The number of amides is 1. The molecule has 3 atom stereocenters. The van der Waals surface area contributed by atoms with Gasteiger partial charge in [0, 0.05) is 17.8 Å². The van der Waals surface area contributed by atoms with Gasteiger partial charge in [0.2, 0.25) is 5.91 Å². The Balaban J connectivity index is 1.53. The Morgan fingerprint density at radius 2 is 2.14 bits per heavy atom. The predicted molar refractivity (Wildman–Crippen MR) is 88.5 cm³/mol. The second-order valence-electron chi connectivity index (χ2n) is 6.00. The van der Waals surface area contributed by atoms with Gasteiger partial charge in [0.05, 0.1) is 6.04 Å². The molecule has 1 amide bonds. The van der Waals surface area contributed by atoms with Crippen LogP contribution < -0.4 is 10.6 Å². The summed E-state index contributed by atoms with van der Waals surface area (Å²) in [7, 11) is 0. The van der Waals surface area contributed by atoms with Crippen LogP contribution in [0, 0.1) is 0 Å². The lowest BCUT2D eigenvalue weighted by molar-refractivity contribution is -0.124. The first kappa shape index (κ1) is 14.9. The van der Waals surface area contributed by atoms with Crippen LogP contribution >= 0.6 is 11.8 Å². The lowest BCUT2D eigenvalue weighted by atomic mass is 9.95.